The molecule has 7 aliphatic rings. The number of nitrogens with one attached hydrogen (secondary N) is 2. The lowest BCUT2D eigenvalue weighted by atomic mass is 9.76. The Kier molecular flexibility index (Phi) is 17.9. The van der Waals surface area contributed by atoms with Crippen LogP contribution in [-0.4, -0.2) is 98.9 Å². The summed E-state index contributed by atoms with van der Waals surface area (Å²) < 4.78 is 93.1. The summed E-state index contributed by atoms with van der Waals surface area (Å²) >= 11 is 2.63. The molecular weight excluding hydrogens is 1190 g/mol. The summed E-state index contributed by atoms with van der Waals surface area (Å²) in [7, 11) is -5.98. The molecule has 2 aliphatic heterocycles. The molecule has 0 spiro atoms. The Hall–Kier alpha value is -6.65. The number of nitriles is 2. The number of halogens is 3. The van der Waals surface area contributed by atoms with Crippen molar-refractivity contribution in [1.82, 2.24) is 20.6 Å². The third kappa shape index (κ3) is 13.4. The second kappa shape index (κ2) is 25.1. The molecular formula is C66H77F3N8O6S4. The van der Waals surface area contributed by atoms with Crippen molar-refractivity contribution in [2.45, 2.75) is 138 Å². The molecule has 6 aromatic rings. The highest BCUT2D eigenvalue weighted by atomic mass is 32.2. The van der Waals surface area contributed by atoms with Gasteiger partial charge in [0.25, 0.3) is 0 Å². The van der Waals surface area contributed by atoms with Gasteiger partial charge in [-0.05, 0) is 117 Å². The second-order valence-electron chi connectivity index (χ2n) is 24.2. The van der Waals surface area contributed by atoms with Gasteiger partial charge in [0.2, 0.25) is 11.8 Å². The minimum Gasteiger partial charge on any atom is -0.369 e. The Labute approximate surface area is 519 Å². The van der Waals surface area contributed by atoms with Crippen LogP contribution in [0.15, 0.2) is 103 Å². The van der Waals surface area contributed by atoms with Crippen LogP contribution in [0, 0.1) is 40.3 Å². The first kappa shape index (κ1) is 62.0. The highest BCUT2D eigenvalue weighted by Gasteiger charge is 2.52. The number of aromatic nitrogens is 2. The van der Waals surface area contributed by atoms with Crippen molar-refractivity contribution in [3.8, 4) is 33.0 Å². The zero-order valence-electron chi connectivity index (χ0n) is 49.1. The largest absolute Gasteiger partial charge is 0.369 e. The summed E-state index contributed by atoms with van der Waals surface area (Å²) in [5.41, 5.74) is 4.25. The van der Waals surface area contributed by atoms with Gasteiger partial charge in [0.1, 0.15) is 21.9 Å². The molecule has 4 heterocycles. The smallest absolute Gasteiger partial charge is 0.324 e. The van der Waals surface area contributed by atoms with E-state index < -0.39 is 42.6 Å². The number of hydrogen-bond acceptors (Lipinski definition) is 14. The van der Waals surface area contributed by atoms with Crippen molar-refractivity contribution in [3.63, 3.8) is 0 Å². The van der Waals surface area contributed by atoms with Crippen LogP contribution in [0.5, 0.6) is 0 Å². The second-order valence-corrected chi connectivity index (χ2v) is 30.8. The molecule has 7 fully saturated rings. The SMILES string of the molecule is CC.N#CC1(NC(=O)[C@@H]2CCCC[C@H]2c2nc(C(F)(F)c3ccccc3)sc2-c2ccc(N3CCS(=O)(=O)CC3)cc2)CC1.N#CC1(NC(=O)[C@@H]2CCCC[C@H]2c2nc(C3(c4ccc(F)cc4)CC3)sc2-c2ccc(N3CCS(=O)(=O)CC3)cc2)CC1.[HH].[HH]. The van der Waals surface area contributed by atoms with Crippen LogP contribution in [-0.2, 0) is 40.6 Å². The molecule has 0 bridgehead atoms. The van der Waals surface area contributed by atoms with Crippen molar-refractivity contribution in [1.29, 1.82) is 10.5 Å². The zero-order valence-corrected chi connectivity index (χ0v) is 52.3. The predicted octanol–water partition coefficient (Wildman–Crippen LogP) is 12.9. The van der Waals surface area contributed by atoms with E-state index in [1.807, 2.05) is 55.1 Å². The third-order valence-corrected chi connectivity index (χ3v) is 24.2. The van der Waals surface area contributed by atoms with Gasteiger partial charge in [-0.1, -0.05) is 106 Å². The lowest BCUT2D eigenvalue weighted by Crippen LogP contribution is -2.42. The van der Waals surface area contributed by atoms with E-state index >= 15 is 8.78 Å². The number of alkyl halides is 2. The van der Waals surface area contributed by atoms with E-state index in [0.29, 0.717) is 75.3 Å². The number of thiazole rings is 2. The topological polar surface area (TPSA) is 206 Å². The van der Waals surface area contributed by atoms with E-state index in [1.165, 1.54) is 24.3 Å². The van der Waals surface area contributed by atoms with E-state index in [1.54, 1.807) is 29.5 Å². The van der Waals surface area contributed by atoms with E-state index in [-0.39, 0.29) is 77.2 Å². The number of sulfone groups is 2. The van der Waals surface area contributed by atoms with Crippen molar-refractivity contribution >= 4 is 65.5 Å². The van der Waals surface area contributed by atoms with Crippen molar-refractivity contribution in [2.24, 2.45) is 11.8 Å². The molecule has 4 atom stereocenters. The highest BCUT2D eigenvalue weighted by Crippen LogP contribution is 2.57. The van der Waals surface area contributed by atoms with Gasteiger partial charge < -0.3 is 20.4 Å². The van der Waals surface area contributed by atoms with Crippen LogP contribution >= 0.6 is 22.7 Å². The van der Waals surface area contributed by atoms with Crippen LogP contribution in [0.25, 0.3) is 20.9 Å². The molecule has 13 rings (SSSR count). The summed E-state index contributed by atoms with van der Waals surface area (Å²) in [5, 5.41) is 25.8. The van der Waals surface area contributed by atoms with Crippen LogP contribution in [0.2, 0.25) is 0 Å². The molecule has 462 valence electrons. The molecule has 87 heavy (non-hydrogen) atoms. The number of hydrogen-bond donors (Lipinski definition) is 2. The Morgan fingerprint density at radius 3 is 1.45 bits per heavy atom. The first-order valence-corrected chi connectivity index (χ1v) is 35.9. The molecule has 2 amide bonds. The average Bonchev–Trinajstić information content (AvgIpc) is 1.61. The minimum absolute atomic E-state index is 0. The molecule has 21 heteroatoms. The van der Waals surface area contributed by atoms with Gasteiger partial charge in [0, 0.05) is 75.1 Å². The number of nitrogens with zero attached hydrogens (tertiary/aromatic N) is 6. The summed E-state index contributed by atoms with van der Waals surface area (Å²) in [6.45, 7) is 5.79. The summed E-state index contributed by atoms with van der Waals surface area (Å²) in [4.78, 5) is 42.8. The maximum absolute atomic E-state index is 15.8. The summed E-state index contributed by atoms with van der Waals surface area (Å²) in [6, 6.07) is 34.7. The molecule has 0 radical (unpaired) electrons. The van der Waals surface area contributed by atoms with Crippen molar-refractivity contribution in [3.05, 3.63) is 141 Å². The zero-order chi connectivity index (χ0) is 61.4. The number of benzene rings is 4. The van der Waals surface area contributed by atoms with E-state index in [2.05, 4.69) is 56.9 Å². The maximum Gasteiger partial charge on any atom is 0.324 e. The fourth-order valence-corrected chi connectivity index (χ4v) is 17.7. The van der Waals surface area contributed by atoms with E-state index in [0.717, 1.165) is 106 Å². The number of anilines is 2. The molecule has 0 unspecified atom stereocenters. The van der Waals surface area contributed by atoms with E-state index in [4.69, 9.17) is 4.98 Å². The number of rotatable bonds is 14. The molecule has 2 N–H and O–H groups in total. The number of carbonyl (C=O) groups is 2. The first-order chi connectivity index (χ1) is 41.8. The third-order valence-electron chi connectivity index (χ3n) is 18.5. The fraction of sp³-hybridized carbons (Fsp3) is 0.485. The fourth-order valence-electron chi connectivity index (χ4n) is 12.8. The standard InChI is InChI=1S/C33H35FN4O3S2.C31H32F2N4O3S2.C2H6.2H2/c34-24-9-7-23(8-10-24)33(15-16-33)31-36-28(26-3-1-2-4-27(26)30(39)37-32(21-35)13-14-32)29(42-31)22-5-11-25(12-6-22)38-17-19-43(40,41)20-18-38;32-31(33,22-6-2-1-3-7-22)29-35-26(24-8-4-5-9-25(24)28(38)36-30(20-34)14-15-30)27(41-29)21-10-12-23(13-11-21)37-16-18-42(39,40)19-17-37;1-2;;/h5-12,26-27H,1-4,13-20H2,(H,37,39);1-3,6-7,10-13,24-25H,4-5,8-9,14-19H2,(H,36,38);1-2H3;2*1H/t26-,27-;24-,25-;;;/m11.../s1. The van der Waals surface area contributed by atoms with E-state index in [9.17, 15) is 41.3 Å². The maximum atomic E-state index is 15.8. The molecule has 2 saturated heterocycles. The monoisotopic (exact) mass is 1260 g/mol. The quantitative estimate of drug-likeness (QED) is 0.104. The summed E-state index contributed by atoms with van der Waals surface area (Å²) in [5.74, 6) is -4.40. The Morgan fingerprint density at radius 1 is 0.598 bits per heavy atom. The van der Waals surface area contributed by atoms with Gasteiger partial charge in [-0.3, -0.25) is 9.59 Å². The average molecular weight is 1260 g/mol. The summed E-state index contributed by atoms with van der Waals surface area (Å²) in [6.07, 6.45) is 11.1. The van der Waals surface area contributed by atoms with Crippen molar-refractivity contribution < 1.29 is 42.4 Å². The first-order valence-electron chi connectivity index (χ1n) is 30.6. The molecule has 5 saturated carbocycles. The molecule has 14 nitrogen and oxygen atoms in total. The van der Waals surface area contributed by atoms with Gasteiger partial charge >= 0.3 is 5.92 Å². The van der Waals surface area contributed by atoms with Crippen LogP contribution in [0.1, 0.15) is 151 Å². The Bertz CT molecular complexity index is 3780. The van der Waals surface area contributed by atoms with Crippen LogP contribution in [0.4, 0.5) is 24.5 Å². The number of carbonyl (C=O) groups excluding carboxylic acids is 2. The van der Waals surface area contributed by atoms with Crippen LogP contribution < -0.4 is 20.4 Å². The lowest BCUT2D eigenvalue weighted by molar-refractivity contribution is -0.128. The van der Waals surface area contributed by atoms with Gasteiger partial charge in [0.05, 0.1) is 56.3 Å². The molecule has 4 aromatic carbocycles. The van der Waals surface area contributed by atoms with Gasteiger partial charge in [0.15, 0.2) is 24.7 Å². The highest BCUT2D eigenvalue weighted by molar-refractivity contribution is 7.91. The van der Waals surface area contributed by atoms with Gasteiger partial charge in [-0.25, -0.2) is 31.2 Å². The Balaban J connectivity index is 0.000000201. The lowest BCUT2D eigenvalue weighted by Gasteiger charge is -2.31. The van der Waals surface area contributed by atoms with Crippen LogP contribution in [0.3, 0.4) is 0 Å². The predicted molar refractivity (Wildman–Crippen MR) is 339 cm³/mol. The number of amides is 2. The normalized spacial score (nSPS) is 23.6. The van der Waals surface area contributed by atoms with Gasteiger partial charge in [-0.2, -0.15) is 19.3 Å². The minimum atomic E-state index is -3.32. The van der Waals surface area contributed by atoms with Gasteiger partial charge in [-0.15, -0.1) is 22.7 Å². The van der Waals surface area contributed by atoms with Crippen molar-refractivity contribution in [2.75, 3.05) is 59.0 Å². The molecule has 2 aromatic heterocycles. The Morgan fingerprint density at radius 2 is 1.02 bits per heavy atom. The molecule has 5 aliphatic carbocycles.